The fourth-order valence-corrected chi connectivity index (χ4v) is 3.38. The van der Waals surface area contributed by atoms with E-state index in [-0.39, 0.29) is 20.8 Å². The van der Waals surface area contributed by atoms with Crippen molar-refractivity contribution in [2.45, 2.75) is 11.8 Å². The third-order valence-corrected chi connectivity index (χ3v) is 5.26. The number of nitrogens with zero attached hydrogens (tertiary/aromatic N) is 4. The number of hydrogen-bond donors (Lipinski definition) is 1. The van der Waals surface area contributed by atoms with Gasteiger partial charge >= 0.3 is 0 Å². The molecule has 1 N–H and O–H groups in total. The van der Waals surface area contributed by atoms with Crippen molar-refractivity contribution in [3.05, 3.63) is 58.9 Å². The number of imidazole rings is 1. The molecule has 0 unspecified atom stereocenters. The third-order valence-electron chi connectivity index (χ3n) is 3.17. The number of rotatable bonds is 4. The summed E-state index contributed by atoms with van der Waals surface area (Å²) >= 11 is 11.7. The van der Waals surface area contributed by atoms with Gasteiger partial charge in [0.05, 0.1) is 14.9 Å². The number of aromatic nitrogens is 4. The minimum Gasteiger partial charge on any atom is -0.288 e. The normalized spacial score (nSPS) is 11.5. The van der Waals surface area contributed by atoms with Gasteiger partial charge in [0, 0.05) is 18.5 Å². The highest BCUT2D eigenvalue weighted by molar-refractivity contribution is 7.92. The Kier molecular flexibility index (Phi) is 4.44. The van der Waals surface area contributed by atoms with Crippen LogP contribution in [0.3, 0.4) is 0 Å². The van der Waals surface area contributed by atoms with Crippen LogP contribution < -0.4 is 4.72 Å². The van der Waals surface area contributed by atoms with E-state index in [0.29, 0.717) is 11.6 Å². The first-order chi connectivity index (χ1) is 11.4. The first-order valence-electron chi connectivity index (χ1n) is 6.67. The Balaban J connectivity index is 1.93. The Morgan fingerprint density at radius 3 is 2.54 bits per heavy atom. The smallest absolute Gasteiger partial charge is 0.263 e. The van der Waals surface area contributed by atoms with Crippen LogP contribution in [0.2, 0.25) is 10.0 Å². The quantitative estimate of drug-likeness (QED) is 0.747. The molecule has 0 amide bonds. The number of anilines is 1. The first kappa shape index (κ1) is 16.7. The van der Waals surface area contributed by atoms with Crippen LogP contribution in [0, 0.1) is 6.92 Å². The van der Waals surface area contributed by atoms with Crippen LogP contribution in [0.1, 0.15) is 5.82 Å². The molecule has 0 bridgehead atoms. The molecule has 0 aliphatic heterocycles. The van der Waals surface area contributed by atoms with E-state index in [4.69, 9.17) is 23.2 Å². The molecule has 0 aliphatic carbocycles. The highest BCUT2D eigenvalue weighted by atomic mass is 35.5. The van der Waals surface area contributed by atoms with Gasteiger partial charge in [0.25, 0.3) is 10.0 Å². The van der Waals surface area contributed by atoms with Gasteiger partial charge in [-0.25, -0.2) is 23.4 Å². The fourth-order valence-electron chi connectivity index (χ4n) is 2.00. The van der Waals surface area contributed by atoms with Crippen molar-refractivity contribution < 1.29 is 8.42 Å². The lowest BCUT2D eigenvalue weighted by atomic mass is 10.4. The topological polar surface area (TPSA) is 89.8 Å². The molecule has 0 fully saturated rings. The summed E-state index contributed by atoms with van der Waals surface area (Å²) in [7, 11) is -3.86. The molecular weight excluding hydrogens is 373 g/mol. The van der Waals surface area contributed by atoms with Gasteiger partial charge in [-0.3, -0.25) is 9.29 Å². The van der Waals surface area contributed by atoms with Gasteiger partial charge < -0.3 is 0 Å². The molecule has 0 atom stereocenters. The molecule has 24 heavy (non-hydrogen) atoms. The first-order valence-corrected chi connectivity index (χ1v) is 8.91. The number of benzene rings is 1. The summed E-state index contributed by atoms with van der Waals surface area (Å²) in [6.45, 7) is 1.81. The lowest BCUT2D eigenvalue weighted by Gasteiger charge is -2.09. The summed E-state index contributed by atoms with van der Waals surface area (Å²) in [5.41, 5.74) is 0. The molecule has 3 aromatic rings. The van der Waals surface area contributed by atoms with Crippen molar-refractivity contribution in [3.63, 3.8) is 0 Å². The van der Waals surface area contributed by atoms with Crippen LogP contribution in [0.25, 0.3) is 5.82 Å². The molecule has 0 radical (unpaired) electrons. The van der Waals surface area contributed by atoms with E-state index in [0.717, 1.165) is 0 Å². The van der Waals surface area contributed by atoms with E-state index in [1.165, 1.54) is 30.6 Å². The number of aryl methyl sites for hydroxylation is 1. The summed E-state index contributed by atoms with van der Waals surface area (Å²) in [5, 5.41) is 0.424. The minimum absolute atomic E-state index is 0.0177. The second-order valence-corrected chi connectivity index (χ2v) is 7.28. The molecule has 7 nitrogen and oxygen atoms in total. The summed E-state index contributed by atoms with van der Waals surface area (Å²) in [6.07, 6.45) is 4.60. The zero-order chi connectivity index (χ0) is 17.3. The molecule has 10 heteroatoms. The number of hydrogen-bond acceptors (Lipinski definition) is 5. The number of sulfonamides is 1. The Morgan fingerprint density at radius 1 is 1.08 bits per heavy atom. The number of halogens is 2. The van der Waals surface area contributed by atoms with E-state index in [1.54, 1.807) is 17.0 Å². The van der Waals surface area contributed by atoms with Crippen molar-refractivity contribution >= 4 is 39.0 Å². The van der Waals surface area contributed by atoms with E-state index < -0.39 is 10.0 Å². The minimum atomic E-state index is -3.86. The lowest BCUT2D eigenvalue weighted by Crippen LogP contribution is -2.14. The second-order valence-electron chi connectivity index (χ2n) is 4.79. The Labute approximate surface area is 148 Å². The molecular formula is C14H11Cl2N5O2S. The molecule has 0 saturated heterocycles. The highest BCUT2D eigenvalue weighted by Crippen LogP contribution is 2.25. The average molecular weight is 384 g/mol. The maximum Gasteiger partial charge on any atom is 0.263 e. The summed E-state index contributed by atoms with van der Waals surface area (Å²) in [5.74, 6) is 1.33. The molecule has 1 aromatic carbocycles. The maximum atomic E-state index is 12.4. The molecule has 3 rings (SSSR count). The van der Waals surface area contributed by atoms with E-state index in [1.807, 2.05) is 6.92 Å². The van der Waals surface area contributed by atoms with Gasteiger partial charge in [0.15, 0.2) is 0 Å². The van der Waals surface area contributed by atoms with Crippen molar-refractivity contribution in [1.29, 1.82) is 0 Å². The van der Waals surface area contributed by atoms with E-state index >= 15 is 0 Å². The summed E-state index contributed by atoms with van der Waals surface area (Å²) < 4.78 is 29.0. The Bertz CT molecular complexity index is 1000. The fraction of sp³-hybridized carbons (Fsp3) is 0.0714. The largest absolute Gasteiger partial charge is 0.288 e. The molecule has 0 aliphatic rings. The van der Waals surface area contributed by atoms with Gasteiger partial charge in [0.2, 0.25) is 0 Å². The third kappa shape index (κ3) is 3.35. The Morgan fingerprint density at radius 2 is 1.88 bits per heavy atom. The van der Waals surface area contributed by atoms with Crippen molar-refractivity contribution in [3.8, 4) is 5.82 Å². The molecule has 124 valence electrons. The van der Waals surface area contributed by atoms with E-state index in [2.05, 4.69) is 19.7 Å². The highest BCUT2D eigenvalue weighted by Gasteiger charge is 2.17. The lowest BCUT2D eigenvalue weighted by molar-refractivity contribution is 0.601. The summed E-state index contributed by atoms with van der Waals surface area (Å²) in [6, 6.07) is 5.55. The van der Waals surface area contributed by atoms with Gasteiger partial charge in [0.1, 0.15) is 23.8 Å². The van der Waals surface area contributed by atoms with Gasteiger partial charge in [-0.15, -0.1) is 0 Å². The maximum absolute atomic E-state index is 12.4. The van der Waals surface area contributed by atoms with Crippen molar-refractivity contribution in [2.24, 2.45) is 0 Å². The van der Waals surface area contributed by atoms with Crippen LogP contribution in [0.5, 0.6) is 0 Å². The predicted octanol–water partition coefficient (Wildman–Crippen LogP) is 3.08. The van der Waals surface area contributed by atoms with E-state index in [9.17, 15) is 8.42 Å². The number of nitrogens with one attached hydrogen (secondary N) is 1. The SMILES string of the molecule is Cc1nccn1-c1cc(NS(=O)(=O)c2ccc(Cl)c(Cl)c2)ncn1. The molecule has 0 spiro atoms. The Hall–Kier alpha value is -2.16. The molecule has 0 saturated carbocycles. The van der Waals surface area contributed by atoms with Crippen LogP contribution >= 0.6 is 23.2 Å². The predicted molar refractivity (Wildman–Crippen MR) is 91.2 cm³/mol. The average Bonchev–Trinajstić information content (AvgIpc) is 2.96. The monoisotopic (exact) mass is 383 g/mol. The van der Waals surface area contributed by atoms with Gasteiger partial charge in [-0.2, -0.15) is 0 Å². The van der Waals surface area contributed by atoms with Gasteiger partial charge in [-0.05, 0) is 25.1 Å². The molecule has 2 heterocycles. The van der Waals surface area contributed by atoms with Crippen LogP contribution in [0.15, 0.2) is 47.9 Å². The van der Waals surface area contributed by atoms with Crippen LogP contribution in [-0.4, -0.2) is 27.9 Å². The zero-order valence-electron chi connectivity index (χ0n) is 12.3. The van der Waals surface area contributed by atoms with Crippen molar-refractivity contribution in [2.75, 3.05) is 4.72 Å². The summed E-state index contributed by atoms with van der Waals surface area (Å²) in [4.78, 5) is 12.1. The van der Waals surface area contributed by atoms with Crippen molar-refractivity contribution in [1.82, 2.24) is 19.5 Å². The van der Waals surface area contributed by atoms with Gasteiger partial charge in [-0.1, -0.05) is 23.2 Å². The van der Waals surface area contributed by atoms with Crippen LogP contribution in [-0.2, 0) is 10.0 Å². The zero-order valence-corrected chi connectivity index (χ0v) is 14.6. The second kappa shape index (κ2) is 6.39. The molecule has 2 aromatic heterocycles. The van der Waals surface area contributed by atoms with Crippen LogP contribution in [0.4, 0.5) is 5.82 Å². The standard InChI is InChI=1S/C14H11Cl2N5O2S/c1-9-17-4-5-21(9)14-7-13(18-8-19-14)20-24(22,23)10-2-3-11(15)12(16)6-10/h2-8H,1H3,(H,18,19,20).